The largest absolute Gasteiger partial charge is 0.394 e. The fraction of sp³-hybridized carbons (Fsp3) is 0.500. The smallest absolute Gasteiger partial charge is 0.0635 e. The maximum atomic E-state index is 9.32. The summed E-state index contributed by atoms with van der Waals surface area (Å²) in [5.41, 5.74) is 1.01. The summed E-state index contributed by atoms with van der Waals surface area (Å²) >= 11 is 5.84. The Kier molecular flexibility index (Phi) is 3.69. The molecule has 0 spiro atoms. The molecular formula is C12H16ClNO2. The van der Waals surface area contributed by atoms with Gasteiger partial charge in [-0.2, -0.15) is 0 Å². The monoisotopic (exact) mass is 241 g/mol. The van der Waals surface area contributed by atoms with E-state index in [0.29, 0.717) is 5.02 Å². The van der Waals surface area contributed by atoms with Gasteiger partial charge in [0.2, 0.25) is 0 Å². The Balaban J connectivity index is 2.24. The molecule has 1 heterocycles. The van der Waals surface area contributed by atoms with Gasteiger partial charge < -0.3 is 15.1 Å². The third-order valence-corrected chi connectivity index (χ3v) is 3.42. The average molecular weight is 242 g/mol. The first-order valence-electron chi connectivity index (χ1n) is 5.52. The van der Waals surface area contributed by atoms with Gasteiger partial charge in [-0.25, -0.2) is 0 Å². The van der Waals surface area contributed by atoms with E-state index in [-0.39, 0.29) is 25.3 Å². The molecular weight excluding hydrogens is 226 g/mol. The first-order chi connectivity index (χ1) is 7.76. The van der Waals surface area contributed by atoms with Crippen LogP contribution in [0.2, 0.25) is 5.02 Å². The highest BCUT2D eigenvalue weighted by molar-refractivity contribution is 6.30. The van der Waals surface area contributed by atoms with Gasteiger partial charge in [-0.15, -0.1) is 0 Å². The van der Waals surface area contributed by atoms with Crippen molar-refractivity contribution in [3.63, 3.8) is 0 Å². The van der Waals surface area contributed by atoms with E-state index in [4.69, 9.17) is 11.6 Å². The summed E-state index contributed by atoms with van der Waals surface area (Å²) in [7, 11) is 0. The molecule has 4 heteroatoms. The van der Waals surface area contributed by atoms with E-state index in [1.54, 1.807) is 0 Å². The van der Waals surface area contributed by atoms with Crippen molar-refractivity contribution >= 4 is 17.3 Å². The molecule has 0 saturated carbocycles. The molecule has 0 amide bonds. The maximum Gasteiger partial charge on any atom is 0.0635 e. The van der Waals surface area contributed by atoms with Gasteiger partial charge in [0.1, 0.15) is 0 Å². The van der Waals surface area contributed by atoms with Crippen molar-refractivity contribution < 1.29 is 10.2 Å². The molecule has 2 N–H and O–H groups in total. The quantitative estimate of drug-likeness (QED) is 0.846. The molecule has 1 aliphatic heterocycles. The van der Waals surface area contributed by atoms with Gasteiger partial charge in [-0.3, -0.25) is 0 Å². The highest BCUT2D eigenvalue weighted by Crippen LogP contribution is 2.30. The van der Waals surface area contributed by atoms with Crippen molar-refractivity contribution in [3.05, 3.63) is 29.3 Å². The van der Waals surface area contributed by atoms with Crippen LogP contribution in [0.1, 0.15) is 12.8 Å². The zero-order valence-electron chi connectivity index (χ0n) is 9.01. The standard InChI is InChI=1S/C12H16ClNO2/c13-9-1-3-10(4-2-9)14-11(7-15)5-6-12(14)8-16/h1-4,11-12,15-16H,5-8H2. The summed E-state index contributed by atoms with van der Waals surface area (Å²) in [6.45, 7) is 0.248. The van der Waals surface area contributed by atoms with Gasteiger partial charge in [0.25, 0.3) is 0 Å². The zero-order valence-corrected chi connectivity index (χ0v) is 9.77. The van der Waals surface area contributed by atoms with Crippen molar-refractivity contribution in [2.45, 2.75) is 24.9 Å². The Hall–Kier alpha value is -0.770. The SMILES string of the molecule is OCC1CCC(CO)N1c1ccc(Cl)cc1. The second-order valence-electron chi connectivity index (χ2n) is 4.13. The molecule has 2 rings (SSSR count). The van der Waals surface area contributed by atoms with Crippen LogP contribution < -0.4 is 4.90 Å². The minimum Gasteiger partial charge on any atom is -0.394 e. The van der Waals surface area contributed by atoms with Gasteiger partial charge in [-0.1, -0.05) is 11.6 Å². The summed E-state index contributed by atoms with van der Waals surface area (Å²) < 4.78 is 0. The van der Waals surface area contributed by atoms with Crippen LogP contribution in [0, 0.1) is 0 Å². The summed E-state index contributed by atoms with van der Waals surface area (Å²) in [5, 5.41) is 19.3. The minimum absolute atomic E-state index is 0.110. The summed E-state index contributed by atoms with van der Waals surface area (Å²) in [6.07, 6.45) is 1.84. The second kappa shape index (κ2) is 5.04. The van der Waals surface area contributed by atoms with E-state index in [1.165, 1.54) is 0 Å². The number of nitrogens with zero attached hydrogens (tertiary/aromatic N) is 1. The molecule has 1 aromatic carbocycles. The predicted octanol–water partition coefficient (Wildman–Crippen LogP) is 1.66. The van der Waals surface area contributed by atoms with Gasteiger partial charge in [-0.05, 0) is 37.1 Å². The van der Waals surface area contributed by atoms with Crippen LogP contribution in [0.5, 0.6) is 0 Å². The van der Waals surface area contributed by atoms with Gasteiger partial charge in [0, 0.05) is 10.7 Å². The van der Waals surface area contributed by atoms with Crippen LogP contribution in [-0.2, 0) is 0 Å². The maximum absolute atomic E-state index is 9.32. The van der Waals surface area contributed by atoms with Crippen molar-refractivity contribution in [2.24, 2.45) is 0 Å². The number of anilines is 1. The lowest BCUT2D eigenvalue weighted by Gasteiger charge is -2.30. The molecule has 1 aliphatic rings. The number of hydrogen-bond acceptors (Lipinski definition) is 3. The second-order valence-corrected chi connectivity index (χ2v) is 4.57. The van der Waals surface area contributed by atoms with E-state index in [2.05, 4.69) is 4.90 Å². The number of halogens is 1. The average Bonchev–Trinajstić information content (AvgIpc) is 2.73. The number of aliphatic hydroxyl groups excluding tert-OH is 2. The molecule has 1 fully saturated rings. The molecule has 88 valence electrons. The molecule has 2 atom stereocenters. The zero-order chi connectivity index (χ0) is 11.5. The lowest BCUT2D eigenvalue weighted by Crippen LogP contribution is -2.40. The normalized spacial score (nSPS) is 25.1. The van der Waals surface area contributed by atoms with Crippen molar-refractivity contribution in [2.75, 3.05) is 18.1 Å². The van der Waals surface area contributed by atoms with Crippen molar-refractivity contribution in [1.29, 1.82) is 0 Å². The summed E-state index contributed by atoms with van der Waals surface area (Å²) in [4.78, 5) is 2.09. The molecule has 0 radical (unpaired) electrons. The van der Waals surface area contributed by atoms with Crippen LogP contribution in [0.3, 0.4) is 0 Å². The fourth-order valence-corrected chi connectivity index (χ4v) is 2.48. The van der Waals surface area contributed by atoms with E-state index in [0.717, 1.165) is 18.5 Å². The number of aliphatic hydroxyl groups is 2. The first-order valence-corrected chi connectivity index (χ1v) is 5.89. The van der Waals surface area contributed by atoms with Crippen molar-refractivity contribution in [1.82, 2.24) is 0 Å². The molecule has 0 aromatic heterocycles. The highest BCUT2D eigenvalue weighted by atomic mass is 35.5. The Labute approximate surface area is 100 Å². The number of benzene rings is 1. The Morgan fingerprint density at radius 2 is 1.56 bits per heavy atom. The van der Waals surface area contributed by atoms with Crippen LogP contribution in [0.4, 0.5) is 5.69 Å². The predicted molar refractivity (Wildman–Crippen MR) is 64.9 cm³/mol. The topological polar surface area (TPSA) is 43.7 Å². The third kappa shape index (κ3) is 2.17. The van der Waals surface area contributed by atoms with Gasteiger partial charge in [0.15, 0.2) is 0 Å². The molecule has 3 nitrogen and oxygen atoms in total. The molecule has 0 aliphatic carbocycles. The first kappa shape index (κ1) is 11.7. The Morgan fingerprint density at radius 3 is 2.00 bits per heavy atom. The van der Waals surface area contributed by atoms with E-state index in [1.807, 2.05) is 24.3 Å². The summed E-state index contributed by atoms with van der Waals surface area (Å²) in [5.74, 6) is 0. The van der Waals surface area contributed by atoms with E-state index < -0.39 is 0 Å². The lowest BCUT2D eigenvalue weighted by atomic mass is 10.2. The molecule has 1 saturated heterocycles. The molecule has 2 unspecified atom stereocenters. The Morgan fingerprint density at radius 1 is 1.06 bits per heavy atom. The van der Waals surface area contributed by atoms with E-state index >= 15 is 0 Å². The van der Waals surface area contributed by atoms with Gasteiger partial charge in [0.05, 0.1) is 25.3 Å². The van der Waals surface area contributed by atoms with Crippen LogP contribution in [0.15, 0.2) is 24.3 Å². The van der Waals surface area contributed by atoms with Crippen LogP contribution in [0.25, 0.3) is 0 Å². The van der Waals surface area contributed by atoms with Gasteiger partial charge >= 0.3 is 0 Å². The Bertz CT molecular complexity index is 329. The van der Waals surface area contributed by atoms with E-state index in [9.17, 15) is 10.2 Å². The molecule has 1 aromatic rings. The summed E-state index contributed by atoms with van der Waals surface area (Å²) in [6, 6.07) is 7.74. The lowest BCUT2D eigenvalue weighted by molar-refractivity contribution is 0.248. The van der Waals surface area contributed by atoms with Crippen LogP contribution >= 0.6 is 11.6 Å². The molecule has 16 heavy (non-hydrogen) atoms. The van der Waals surface area contributed by atoms with Crippen LogP contribution in [-0.4, -0.2) is 35.5 Å². The number of hydrogen-bond donors (Lipinski definition) is 2. The van der Waals surface area contributed by atoms with Crippen molar-refractivity contribution in [3.8, 4) is 0 Å². The highest BCUT2D eigenvalue weighted by Gasteiger charge is 2.32. The third-order valence-electron chi connectivity index (χ3n) is 3.17. The number of rotatable bonds is 3. The fourth-order valence-electron chi connectivity index (χ4n) is 2.35. The minimum atomic E-state index is 0.110. The molecule has 0 bridgehead atoms.